The molecule has 0 unspecified atom stereocenters. The molecule has 0 atom stereocenters. The van der Waals surface area contributed by atoms with Crippen molar-refractivity contribution >= 4 is 0 Å². The van der Waals surface area contributed by atoms with E-state index in [0.717, 1.165) is 0 Å². The summed E-state index contributed by atoms with van der Waals surface area (Å²) in [4.78, 5) is 0. The molecule has 0 aliphatic rings. The highest BCUT2D eigenvalue weighted by Crippen LogP contribution is 2.39. The minimum atomic E-state index is -0.0457. The van der Waals surface area contributed by atoms with Gasteiger partial charge in [-0.2, -0.15) is 0 Å². The fourth-order valence-electron chi connectivity index (χ4n) is 1.18. The molecule has 1 rings (SSSR count). The van der Waals surface area contributed by atoms with Crippen LogP contribution < -0.4 is 0 Å². The Hall–Kier alpha value is -1.38. The molecule has 0 amide bonds. The number of aromatic hydroxyl groups is 3. The van der Waals surface area contributed by atoms with E-state index >= 15 is 0 Å². The van der Waals surface area contributed by atoms with Gasteiger partial charge in [0, 0.05) is 16.7 Å². The van der Waals surface area contributed by atoms with E-state index < -0.39 is 0 Å². The molecule has 0 aromatic heterocycles. The molecular formula is C9H12O3. The normalized spacial score (nSPS) is 10.2. The monoisotopic (exact) mass is 168 g/mol. The molecule has 0 aliphatic heterocycles. The van der Waals surface area contributed by atoms with Gasteiger partial charge in [-0.3, -0.25) is 0 Å². The SMILES string of the molecule is Cc1c(O)c(C)c(O)c(C)c1O. The first-order valence-electron chi connectivity index (χ1n) is 3.67. The summed E-state index contributed by atoms with van der Waals surface area (Å²) in [6, 6.07) is 0. The van der Waals surface area contributed by atoms with Gasteiger partial charge in [-0.15, -0.1) is 0 Å². The summed E-state index contributed by atoms with van der Waals surface area (Å²) in [5.74, 6) is -0.137. The highest BCUT2D eigenvalue weighted by molar-refractivity contribution is 5.59. The Balaban J connectivity index is 3.60. The maximum absolute atomic E-state index is 9.37. The van der Waals surface area contributed by atoms with Crippen molar-refractivity contribution in [3.05, 3.63) is 16.7 Å². The Bertz CT molecular complexity index is 224. The molecule has 0 heterocycles. The summed E-state index contributed by atoms with van der Waals surface area (Å²) in [5, 5.41) is 28.1. The van der Waals surface area contributed by atoms with Crippen molar-refractivity contribution in [3.63, 3.8) is 0 Å². The molecule has 0 radical (unpaired) electrons. The van der Waals surface area contributed by atoms with Crippen LogP contribution in [-0.2, 0) is 0 Å². The van der Waals surface area contributed by atoms with E-state index in [1.807, 2.05) is 0 Å². The Kier molecular flexibility index (Phi) is 1.88. The molecule has 0 saturated carbocycles. The van der Waals surface area contributed by atoms with Crippen LogP contribution in [0.4, 0.5) is 0 Å². The van der Waals surface area contributed by atoms with E-state index in [1.54, 1.807) is 20.8 Å². The molecule has 0 bridgehead atoms. The lowest BCUT2D eigenvalue weighted by Gasteiger charge is -2.10. The van der Waals surface area contributed by atoms with Crippen LogP contribution in [-0.4, -0.2) is 15.3 Å². The number of phenolic OH excluding ortho intramolecular Hbond substituents is 3. The molecule has 12 heavy (non-hydrogen) atoms. The number of hydrogen-bond donors (Lipinski definition) is 3. The fourth-order valence-corrected chi connectivity index (χ4v) is 1.18. The second-order valence-electron chi connectivity index (χ2n) is 2.92. The average Bonchev–Trinajstić information content (AvgIpc) is 2.08. The third-order valence-corrected chi connectivity index (χ3v) is 2.13. The molecular weight excluding hydrogens is 156 g/mol. The predicted octanol–water partition coefficient (Wildman–Crippen LogP) is 1.73. The van der Waals surface area contributed by atoms with Crippen molar-refractivity contribution in [1.82, 2.24) is 0 Å². The third-order valence-electron chi connectivity index (χ3n) is 2.13. The first-order valence-corrected chi connectivity index (χ1v) is 3.67. The maximum atomic E-state index is 9.37. The van der Waals surface area contributed by atoms with Gasteiger partial charge in [-0.1, -0.05) is 0 Å². The minimum absolute atomic E-state index is 0.0457. The summed E-state index contributed by atoms with van der Waals surface area (Å²) in [7, 11) is 0. The van der Waals surface area contributed by atoms with Crippen molar-refractivity contribution in [2.45, 2.75) is 20.8 Å². The van der Waals surface area contributed by atoms with Crippen LogP contribution in [0.25, 0.3) is 0 Å². The smallest absolute Gasteiger partial charge is 0.128 e. The fraction of sp³-hybridized carbons (Fsp3) is 0.333. The minimum Gasteiger partial charge on any atom is -0.507 e. The summed E-state index contributed by atoms with van der Waals surface area (Å²) in [5.41, 5.74) is 1.22. The lowest BCUT2D eigenvalue weighted by atomic mass is 10.0. The van der Waals surface area contributed by atoms with Crippen LogP contribution in [0.1, 0.15) is 16.7 Å². The highest BCUT2D eigenvalue weighted by atomic mass is 16.3. The standard InChI is InChI=1S/C9H12O3/c1-4-7(10)5(2)9(12)6(3)8(4)11/h10-12H,1-3H3. The van der Waals surface area contributed by atoms with E-state index in [4.69, 9.17) is 0 Å². The van der Waals surface area contributed by atoms with Gasteiger partial charge < -0.3 is 15.3 Å². The zero-order valence-electron chi connectivity index (χ0n) is 7.34. The van der Waals surface area contributed by atoms with Crippen LogP contribution in [0, 0.1) is 20.8 Å². The van der Waals surface area contributed by atoms with Crippen LogP contribution in [0.3, 0.4) is 0 Å². The second-order valence-corrected chi connectivity index (χ2v) is 2.92. The van der Waals surface area contributed by atoms with Gasteiger partial charge in [0.2, 0.25) is 0 Å². The van der Waals surface area contributed by atoms with Gasteiger partial charge in [0.05, 0.1) is 0 Å². The molecule has 1 aromatic rings. The van der Waals surface area contributed by atoms with Crippen molar-refractivity contribution in [1.29, 1.82) is 0 Å². The zero-order chi connectivity index (χ0) is 9.46. The third kappa shape index (κ3) is 0.978. The highest BCUT2D eigenvalue weighted by Gasteiger charge is 2.14. The molecule has 66 valence electrons. The number of rotatable bonds is 0. The zero-order valence-corrected chi connectivity index (χ0v) is 7.34. The van der Waals surface area contributed by atoms with Crippen molar-refractivity contribution in [3.8, 4) is 17.2 Å². The molecule has 0 fully saturated rings. The topological polar surface area (TPSA) is 60.7 Å². The first-order chi connectivity index (χ1) is 5.46. The van der Waals surface area contributed by atoms with Gasteiger partial charge in [0.1, 0.15) is 17.2 Å². The Morgan fingerprint density at radius 1 is 0.583 bits per heavy atom. The lowest BCUT2D eigenvalue weighted by molar-refractivity contribution is 0.412. The molecule has 0 aliphatic carbocycles. The molecule has 3 N–H and O–H groups in total. The van der Waals surface area contributed by atoms with Crippen molar-refractivity contribution in [2.24, 2.45) is 0 Å². The summed E-state index contributed by atoms with van der Waals surface area (Å²) in [6.07, 6.45) is 0. The molecule has 3 heteroatoms. The largest absolute Gasteiger partial charge is 0.507 e. The average molecular weight is 168 g/mol. The second kappa shape index (κ2) is 2.59. The van der Waals surface area contributed by atoms with Gasteiger partial charge >= 0.3 is 0 Å². The van der Waals surface area contributed by atoms with Gasteiger partial charge in [-0.05, 0) is 20.8 Å². The molecule has 1 aromatic carbocycles. The van der Waals surface area contributed by atoms with E-state index in [0.29, 0.717) is 16.7 Å². The number of hydrogen-bond acceptors (Lipinski definition) is 3. The van der Waals surface area contributed by atoms with Gasteiger partial charge in [0.25, 0.3) is 0 Å². The van der Waals surface area contributed by atoms with E-state index in [1.165, 1.54) is 0 Å². The van der Waals surface area contributed by atoms with Gasteiger partial charge in [-0.25, -0.2) is 0 Å². The lowest BCUT2D eigenvalue weighted by Crippen LogP contribution is -1.87. The van der Waals surface area contributed by atoms with Crippen LogP contribution in [0.2, 0.25) is 0 Å². The van der Waals surface area contributed by atoms with Crippen LogP contribution >= 0.6 is 0 Å². The summed E-state index contributed by atoms with van der Waals surface area (Å²) in [6.45, 7) is 4.80. The molecule has 0 saturated heterocycles. The maximum Gasteiger partial charge on any atom is 0.128 e. The van der Waals surface area contributed by atoms with E-state index in [2.05, 4.69) is 0 Å². The van der Waals surface area contributed by atoms with E-state index in [-0.39, 0.29) is 17.2 Å². The summed E-state index contributed by atoms with van der Waals surface area (Å²) < 4.78 is 0. The van der Waals surface area contributed by atoms with Gasteiger partial charge in [0.15, 0.2) is 0 Å². The first kappa shape index (κ1) is 8.71. The number of phenols is 3. The summed E-state index contributed by atoms with van der Waals surface area (Å²) >= 11 is 0. The number of benzene rings is 1. The predicted molar refractivity (Wildman–Crippen MR) is 45.6 cm³/mol. The molecule has 3 nitrogen and oxygen atoms in total. The quantitative estimate of drug-likeness (QED) is 0.552. The van der Waals surface area contributed by atoms with Crippen molar-refractivity contribution in [2.75, 3.05) is 0 Å². The van der Waals surface area contributed by atoms with Crippen LogP contribution in [0.5, 0.6) is 17.2 Å². The Morgan fingerprint density at radius 2 is 0.750 bits per heavy atom. The Labute approximate surface area is 70.9 Å². The van der Waals surface area contributed by atoms with Crippen molar-refractivity contribution < 1.29 is 15.3 Å². The Morgan fingerprint density at radius 3 is 0.917 bits per heavy atom. The van der Waals surface area contributed by atoms with Crippen LogP contribution in [0.15, 0.2) is 0 Å². The van der Waals surface area contributed by atoms with E-state index in [9.17, 15) is 15.3 Å². The molecule has 0 spiro atoms.